The predicted octanol–water partition coefficient (Wildman–Crippen LogP) is 5.61. The van der Waals surface area contributed by atoms with Crippen molar-refractivity contribution in [3.8, 4) is 11.4 Å². The zero-order valence-corrected chi connectivity index (χ0v) is 17.6. The fourth-order valence-corrected chi connectivity index (χ4v) is 4.16. The Hall–Kier alpha value is -3.93. The number of imidazole rings is 1. The van der Waals surface area contributed by atoms with Crippen molar-refractivity contribution < 1.29 is 9.59 Å². The van der Waals surface area contributed by atoms with Crippen LogP contribution in [0.3, 0.4) is 0 Å². The van der Waals surface area contributed by atoms with Crippen LogP contribution >= 0.6 is 0 Å². The van der Waals surface area contributed by atoms with Crippen molar-refractivity contribution in [3.63, 3.8) is 0 Å². The standard InChI is InChI=1S/C26H24N4O2/c31-25(18-6-4-5-7-18)28-21-13-10-17(11-14-21)24-29-22-15-12-19(16-23(22)30-24)26(32)27-20-8-2-1-3-9-20/h1-3,8-16,18H,4-7H2,(H,27,32)(H,28,31)(H,29,30). The number of anilines is 2. The molecule has 2 amide bonds. The summed E-state index contributed by atoms with van der Waals surface area (Å²) in [5, 5.41) is 5.91. The number of carbonyl (C=O) groups excluding carboxylic acids is 2. The minimum atomic E-state index is -0.170. The van der Waals surface area contributed by atoms with E-state index < -0.39 is 0 Å². The fraction of sp³-hybridized carbons (Fsp3) is 0.192. The molecule has 6 heteroatoms. The van der Waals surface area contributed by atoms with E-state index in [0.29, 0.717) is 11.4 Å². The minimum Gasteiger partial charge on any atom is -0.338 e. The highest BCUT2D eigenvalue weighted by Gasteiger charge is 2.22. The molecule has 1 saturated carbocycles. The van der Waals surface area contributed by atoms with Gasteiger partial charge in [-0.1, -0.05) is 31.0 Å². The molecular weight excluding hydrogens is 400 g/mol. The van der Waals surface area contributed by atoms with Gasteiger partial charge < -0.3 is 15.6 Å². The van der Waals surface area contributed by atoms with Gasteiger partial charge in [0, 0.05) is 28.4 Å². The van der Waals surface area contributed by atoms with Crippen LogP contribution < -0.4 is 10.6 Å². The summed E-state index contributed by atoms with van der Waals surface area (Å²) in [6.45, 7) is 0. The number of rotatable bonds is 5. The lowest BCUT2D eigenvalue weighted by molar-refractivity contribution is -0.119. The second kappa shape index (κ2) is 8.67. The van der Waals surface area contributed by atoms with E-state index in [0.717, 1.165) is 53.7 Å². The van der Waals surface area contributed by atoms with E-state index in [9.17, 15) is 9.59 Å². The number of para-hydroxylation sites is 1. The van der Waals surface area contributed by atoms with Crippen LogP contribution in [0.15, 0.2) is 72.8 Å². The molecule has 4 aromatic rings. The Labute approximate surface area is 186 Å². The van der Waals surface area contributed by atoms with Gasteiger partial charge in [0.2, 0.25) is 5.91 Å². The Bertz CT molecular complexity index is 1260. The van der Waals surface area contributed by atoms with Crippen LogP contribution in [-0.2, 0) is 4.79 Å². The number of benzene rings is 3. The first-order valence-electron chi connectivity index (χ1n) is 10.9. The monoisotopic (exact) mass is 424 g/mol. The van der Waals surface area contributed by atoms with E-state index in [2.05, 4.69) is 20.6 Å². The molecular formula is C26H24N4O2. The van der Waals surface area contributed by atoms with Gasteiger partial charge in [0.15, 0.2) is 0 Å². The molecule has 1 aromatic heterocycles. The van der Waals surface area contributed by atoms with Crippen LogP contribution in [0.4, 0.5) is 11.4 Å². The van der Waals surface area contributed by atoms with E-state index in [-0.39, 0.29) is 17.7 Å². The molecule has 1 aliphatic carbocycles. The molecule has 6 nitrogen and oxygen atoms in total. The molecule has 0 unspecified atom stereocenters. The summed E-state index contributed by atoms with van der Waals surface area (Å²) in [6.07, 6.45) is 4.24. The van der Waals surface area contributed by atoms with Crippen LogP contribution in [-0.4, -0.2) is 21.8 Å². The van der Waals surface area contributed by atoms with Gasteiger partial charge in [-0.3, -0.25) is 9.59 Å². The molecule has 3 aromatic carbocycles. The zero-order chi connectivity index (χ0) is 21.9. The van der Waals surface area contributed by atoms with Gasteiger partial charge in [-0.05, 0) is 67.4 Å². The molecule has 32 heavy (non-hydrogen) atoms. The molecule has 5 rings (SSSR count). The van der Waals surface area contributed by atoms with Crippen molar-refractivity contribution in [2.75, 3.05) is 10.6 Å². The number of nitrogens with one attached hydrogen (secondary N) is 3. The highest BCUT2D eigenvalue weighted by molar-refractivity contribution is 6.06. The van der Waals surface area contributed by atoms with Gasteiger partial charge in [-0.25, -0.2) is 4.98 Å². The summed E-state index contributed by atoms with van der Waals surface area (Å²) >= 11 is 0. The lowest BCUT2D eigenvalue weighted by Crippen LogP contribution is -2.20. The van der Waals surface area contributed by atoms with Crippen molar-refractivity contribution >= 4 is 34.2 Å². The Morgan fingerprint density at radius 2 is 1.56 bits per heavy atom. The van der Waals surface area contributed by atoms with Gasteiger partial charge >= 0.3 is 0 Å². The maximum absolute atomic E-state index is 12.6. The molecule has 1 fully saturated rings. The summed E-state index contributed by atoms with van der Waals surface area (Å²) in [6, 6.07) is 22.5. The average Bonchev–Trinajstić information content (AvgIpc) is 3.50. The van der Waals surface area contributed by atoms with Gasteiger partial charge in [0.1, 0.15) is 5.82 Å². The molecule has 160 valence electrons. The Morgan fingerprint density at radius 1 is 0.844 bits per heavy atom. The van der Waals surface area contributed by atoms with Gasteiger partial charge in [0.05, 0.1) is 11.0 Å². The van der Waals surface area contributed by atoms with Crippen molar-refractivity contribution in [1.29, 1.82) is 0 Å². The maximum Gasteiger partial charge on any atom is 0.255 e. The van der Waals surface area contributed by atoms with Crippen LogP contribution in [0.5, 0.6) is 0 Å². The summed E-state index contributed by atoms with van der Waals surface area (Å²) in [4.78, 5) is 32.8. The molecule has 0 radical (unpaired) electrons. The first-order valence-corrected chi connectivity index (χ1v) is 10.9. The molecule has 0 spiro atoms. The number of fused-ring (bicyclic) bond motifs is 1. The second-order valence-electron chi connectivity index (χ2n) is 8.19. The van der Waals surface area contributed by atoms with E-state index >= 15 is 0 Å². The molecule has 1 heterocycles. The van der Waals surface area contributed by atoms with E-state index in [1.807, 2.05) is 60.7 Å². The third-order valence-electron chi connectivity index (χ3n) is 5.93. The normalized spacial score (nSPS) is 13.9. The predicted molar refractivity (Wildman–Crippen MR) is 127 cm³/mol. The number of nitrogens with zero attached hydrogens (tertiary/aromatic N) is 1. The van der Waals surface area contributed by atoms with Crippen LogP contribution in [0, 0.1) is 5.92 Å². The second-order valence-corrected chi connectivity index (χ2v) is 8.19. The number of amides is 2. The third-order valence-corrected chi connectivity index (χ3v) is 5.93. The first kappa shape index (κ1) is 20.0. The quantitative estimate of drug-likeness (QED) is 0.389. The zero-order valence-electron chi connectivity index (χ0n) is 17.6. The fourth-order valence-electron chi connectivity index (χ4n) is 4.16. The molecule has 0 saturated heterocycles. The lowest BCUT2D eigenvalue weighted by Gasteiger charge is -2.10. The Kier molecular flexibility index (Phi) is 5.42. The molecule has 3 N–H and O–H groups in total. The van der Waals surface area contributed by atoms with Crippen molar-refractivity contribution in [2.24, 2.45) is 5.92 Å². The van der Waals surface area contributed by atoms with E-state index in [1.165, 1.54) is 0 Å². The Balaban J connectivity index is 1.31. The number of hydrogen-bond acceptors (Lipinski definition) is 3. The molecule has 0 aliphatic heterocycles. The molecule has 0 bridgehead atoms. The van der Waals surface area contributed by atoms with Crippen molar-refractivity contribution in [3.05, 3.63) is 78.4 Å². The highest BCUT2D eigenvalue weighted by Crippen LogP contribution is 2.27. The number of H-pyrrole nitrogens is 1. The maximum atomic E-state index is 12.6. The molecule has 0 atom stereocenters. The SMILES string of the molecule is O=C(Nc1ccccc1)c1ccc2nc(-c3ccc(NC(=O)C4CCCC4)cc3)[nH]c2c1. The van der Waals surface area contributed by atoms with Crippen molar-refractivity contribution in [1.82, 2.24) is 9.97 Å². The largest absolute Gasteiger partial charge is 0.338 e. The summed E-state index contributed by atoms with van der Waals surface area (Å²) < 4.78 is 0. The molecule has 1 aliphatic rings. The smallest absolute Gasteiger partial charge is 0.255 e. The van der Waals surface area contributed by atoms with Gasteiger partial charge in [-0.15, -0.1) is 0 Å². The number of aromatic amines is 1. The summed E-state index contributed by atoms with van der Waals surface area (Å²) in [7, 11) is 0. The lowest BCUT2D eigenvalue weighted by atomic mass is 10.1. The first-order chi connectivity index (χ1) is 15.7. The summed E-state index contributed by atoms with van der Waals surface area (Å²) in [5.74, 6) is 0.796. The van der Waals surface area contributed by atoms with Gasteiger partial charge in [-0.2, -0.15) is 0 Å². The van der Waals surface area contributed by atoms with Crippen LogP contribution in [0.2, 0.25) is 0 Å². The van der Waals surface area contributed by atoms with Gasteiger partial charge in [0.25, 0.3) is 5.91 Å². The average molecular weight is 425 g/mol. The highest BCUT2D eigenvalue weighted by atomic mass is 16.2. The Morgan fingerprint density at radius 3 is 2.31 bits per heavy atom. The third kappa shape index (κ3) is 4.25. The number of aromatic nitrogens is 2. The topological polar surface area (TPSA) is 86.9 Å². The summed E-state index contributed by atoms with van der Waals surface area (Å²) in [5.41, 5.74) is 4.59. The van der Waals surface area contributed by atoms with Crippen LogP contribution in [0.25, 0.3) is 22.4 Å². The van der Waals surface area contributed by atoms with E-state index in [4.69, 9.17) is 0 Å². The number of carbonyl (C=O) groups is 2. The van der Waals surface area contributed by atoms with E-state index in [1.54, 1.807) is 12.1 Å². The number of hydrogen-bond donors (Lipinski definition) is 3. The van der Waals surface area contributed by atoms with Crippen molar-refractivity contribution in [2.45, 2.75) is 25.7 Å². The minimum absolute atomic E-state index is 0.111. The van der Waals surface area contributed by atoms with Crippen LogP contribution in [0.1, 0.15) is 36.0 Å².